The van der Waals surface area contributed by atoms with Crippen LogP contribution in [0.1, 0.15) is 5.69 Å². The topological polar surface area (TPSA) is 74.1 Å². The maximum Gasteiger partial charge on any atom is 0.435 e. The molecule has 0 aliphatic heterocycles. The molecule has 0 radical (unpaired) electrons. The smallest absolute Gasteiger partial charge is 0.435 e. The van der Waals surface area contributed by atoms with Crippen LogP contribution in [0.4, 0.5) is 13.2 Å². The molecule has 0 atom stereocenters. The van der Waals surface area contributed by atoms with Crippen LogP contribution in [-0.2, 0) is 16.0 Å². The molecule has 0 aliphatic carbocycles. The maximum absolute atomic E-state index is 13.2. The van der Waals surface area contributed by atoms with Crippen LogP contribution in [-0.4, -0.2) is 36.5 Å². The van der Waals surface area contributed by atoms with Gasteiger partial charge in [0.2, 0.25) is 0 Å². The van der Waals surface area contributed by atoms with E-state index in [4.69, 9.17) is 16.3 Å². The van der Waals surface area contributed by atoms with Gasteiger partial charge in [0.15, 0.2) is 20.6 Å². The van der Waals surface area contributed by atoms with Crippen LogP contribution >= 0.6 is 11.6 Å². The van der Waals surface area contributed by atoms with Gasteiger partial charge in [0.1, 0.15) is 5.75 Å². The van der Waals surface area contributed by atoms with E-state index in [1.165, 1.54) is 37.4 Å². The van der Waals surface area contributed by atoms with Crippen molar-refractivity contribution in [1.29, 1.82) is 0 Å². The molecule has 0 aliphatic rings. The first kappa shape index (κ1) is 20.2. The Bertz CT molecular complexity index is 1130. The zero-order valence-electron chi connectivity index (χ0n) is 14.5. The number of hydrogen-bond donors (Lipinski definition) is 0. The van der Waals surface area contributed by atoms with Crippen molar-refractivity contribution in [1.82, 2.24) is 14.8 Å². The van der Waals surface area contributed by atoms with Gasteiger partial charge < -0.3 is 4.74 Å². The van der Waals surface area contributed by atoms with Crippen molar-refractivity contribution in [2.45, 2.75) is 11.2 Å². The van der Waals surface area contributed by atoms with Crippen LogP contribution in [0, 0.1) is 0 Å². The third-order valence-electron chi connectivity index (χ3n) is 3.79. The fourth-order valence-corrected chi connectivity index (χ4v) is 3.28. The zero-order chi connectivity index (χ0) is 20.7. The van der Waals surface area contributed by atoms with Crippen LogP contribution in [0.15, 0.2) is 47.6 Å². The van der Waals surface area contributed by atoms with E-state index in [2.05, 4.69) is 10.1 Å². The molecule has 0 saturated heterocycles. The Hall–Kier alpha value is -2.59. The lowest BCUT2D eigenvalue weighted by atomic mass is 10.1. The molecule has 11 heteroatoms. The second-order valence-electron chi connectivity index (χ2n) is 5.80. The second kappa shape index (κ2) is 7.10. The molecule has 0 amide bonds. The molecular formula is C17H13ClF3N3O3S. The first-order valence-corrected chi connectivity index (χ1v) is 9.95. The number of aromatic nitrogens is 3. The van der Waals surface area contributed by atoms with Gasteiger partial charge in [-0.15, -0.1) is 0 Å². The molecule has 0 bridgehead atoms. The number of alkyl halides is 3. The van der Waals surface area contributed by atoms with Gasteiger partial charge in [-0.1, -0.05) is 11.6 Å². The first-order chi connectivity index (χ1) is 13.0. The monoisotopic (exact) mass is 431 g/mol. The minimum absolute atomic E-state index is 0.103. The fourth-order valence-electron chi connectivity index (χ4n) is 2.46. The molecule has 6 nitrogen and oxygen atoms in total. The average molecular weight is 432 g/mol. The van der Waals surface area contributed by atoms with E-state index in [0.717, 1.165) is 23.2 Å². The lowest BCUT2D eigenvalue weighted by molar-refractivity contribution is -0.141. The summed E-state index contributed by atoms with van der Waals surface area (Å²) in [6.45, 7) is 0. The molecule has 3 rings (SSSR count). The molecule has 28 heavy (non-hydrogen) atoms. The summed E-state index contributed by atoms with van der Waals surface area (Å²) in [6, 6.07) is 7.91. The standard InChI is InChI=1S/C17H13ClF3N3O3S/c1-27-14-5-3-10(7-12(14)18)13-8-15(17(19,20)21)23-24(13)11-4-6-16(22-9-11)28(2,25)26/h3-9H,1-2H3. The second-order valence-corrected chi connectivity index (χ2v) is 8.17. The molecule has 148 valence electrons. The Morgan fingerprint density at radius 3 is 2.36 bits per heavy atom. The molecule has 0 unspecified atom stereocenters. The molecule has 3 aromatic rings. The van der Waals surface area contributed by atoms with E-state index in [1.54, 1.807) is 0 Å². The molecule has 0 fully saturated rings. The fraction of sp³-hybridized carbons (Fsp3) is 0.176. The number of hydrogen-bond acceptors (Lipinski definition) is 5. The Kier molecular flexibility index (Phi) is 5.11. The van der Waals surface area contributed by atoms with E-state index < -0.39 is 21.7 Å². The summed E-state index contributed by atoms with van der Waals surface area (Å²) in [6.07, 6.45) is -2.55. The quantitative estimate of drug-likeness (QED) is 0.623. The number of nitrogens with zero attached hydrogens (tertiary/aromatic N) is 3. The van der Waals surface area contributed by atoms with Crippen LogP contribution in [0.25, 0.3) is 16.9 Å². The van der Waals surface area contributed by atoms with Crippen LogP contribution in [0.5, 0.6) is 5.75 Å². The Morgan fingerprint density at radius 1 is 1.14 bits per heavy atom. The Labute approximate surface area is 163 Å². The van der Waals surface area contributed by atoms with Gasteiger partial charge in [-0.25, -0.2) is 18.1 Å². The van der Waals surface area contributed by atoms with Crippen LogP contribution in [0.3, 0.4) is 0 Å². The SMILES string of the molecule is COc1ccc(-c2cc(C(F)(F)F)nn2-c2ccc(S(C)(=O)=O)nc2)cc1Cl. The average Bonchev–Trinajstić information content (AvgIpc) is 3.07. The molecule has 0 saturated carbocycles. The number of methoxy groups -OCH3 is 1. The predicted molar refractivity (Wildman–Crippen MR) is 96.5 cm³/mol. The lowest BCUT2D eigenvalue weighted by Gasteiger charge is -2.09. The minimum atomic E-state index is -4.67. The highest BCUT2D eigenvalue weighted by molar-refractivity contribution is 7.90. The molecule has 0 N–H and O–H groups in total. The van der Waals surface area contributed by atoms with Gasteiger partial charge >= 0.3 is 6.18 Å². The number of halogens is 4. The van der Waals surface area contributed by atoms with Crippen molar-refractivity contribution in [2.75, 3.05) is 13.4 Å². The number of benzene rings is 1. The molecular weight excluding hydrogens is 419 g/mol. The van der Waals surface area contributed by atoms with Crippen molar-refractivity contribution < 1.29 is 26.3 Å². The van der Waals surface area contributed by atoms with Gasteiger partial charge in [-0.05, 0) is 36.4 Å². The third kappa shape index (κ3) is 3.97. The number of rotatable bonds is 4. The zero-order valence-corrected chi connectivity index (χ0v) is 16.1. The van der Waals surface area contributed by atoms with E-state index in [1.807, 2.05) is 0 Å². The third-order valence-corrected chi connectivity index (χ3v) is 5.09. The first-order valence-electron chi connectivity index (χ1n) is 7.68. The predicted octanol–water partition coefficient (Wildman–Crippen LogP) is 4.02. The molecule has 2 aromatic heterocycles. The van der Waals surface area contributed by atoms with E-state index in [-0.39, 0.29) is 21.4 Å². The lowest BCUT2D eigenvalue weighted by Crippen LogP contribution is -2.08. The molecule has 2 heterocycles. The number of sulfone groups is 1. The highest BCUT2D eigenvalue weighted by atomic mass is 35.5. The van der Waals surface area contributed by atoms with E-state index in [9.17, 15) is 21.6 Å². The summed E-state index contributed by atoms with van der Waals surface area (Å²) in [7, 11) is -2.13. The van der Waals surface area contributed by atoms with Crippen LogP contribution in [0.2, 0.25) is 5.02 Å². The Balaban J connectivity index is 2.18. The molecule has 0 spiro atoms. The normalized spacial score (nSPS) is 12.2. The minimum Gasteiger partial charge on any atom is -0.495 e. The number of pyridine rings is 1. The van der Waals surface area contributed by atoms with Crippen molar-refractivity contribution in [3.05, 3.63) is 53.3 Å². The van der Waals surface area contributed by atoms with Crippen molar-refractivity contribution >= 4 is 21.4 Å². The van der Waals surface area contributed by atoms with Gasteiger partial charge in [-0.2, -0.15) is 18.3 Å². The van der Waals surface area contributed by atoms with Gasteiger partial charge in [0.25, 0.3) is 0 Å². The Morgan fingerprint density at radius 2 is 1.86 bits per heavy atom. The van der Waals surface area contributed by atoms with Gasteiger partial charge in [0, 0.05) is 11.8 Å². The summed E-state index contributed by atoms with van der Waals surface area (Å²) in [5.41, 5.74) is -0.488. The summed E-state index contributed by atoms with van der Waals surface area (Å²) < 4.78 is 68.8. The highest BCUT2D eigenvalue weighted by Crippen LogP contribution is 2.35. The summed E-state index contributed by atoms with van der Waals surface area (Å²) in [5.74, 6) is 0.367. The maximum atomic E-state index is 13.2. The summed E-state index contributed by atoms with van der Waals surface area (Å²) in [5, 5.41) is 3.63. The largest absolute Gasteiger partial charge is 0.495 e. The molecule has 1 aromatic carbocycles. The van der Waals surface area contributed by atoms with E-state index >= 15 is 0 Å². The van der Waals surface area contributed by atoms with Crippen LogP contribution < -0.4 is 4.74 Å². The van der Waals surface area contributed by atoms with Crippen molar-refractivity contribution in [3.63, 3.8) is 0 Å². The van der Waals surface area contributed by atoms with Gasteiger partial charge in [0.05, 0.1) is 29.7 Å². The summed E-state index contributed by atoms with van der Waals surface area (Å²) >= 11 is 6.09. The van der Waals surface area contributed by atoms with Gasteiger partial charge in [-0.3, -0.25) is 0 Å². The number of ether oxygens (including phenoxy) is 1. The highest BCUT2D eigenvalue weighted by Gasteiger charge is 2.35. The van der Waals surface area contributed by atoms with Crippen molar-refractivity contribution in [3.8, 4) is 22.7 Å². The van der Waals surface area contributed by atoms with E-state index in [0.29, 0.717) is 11.3 Å². The summed E-state index contributed by atoms with van der Waals surface area (Å²) in [4.78, 5) is 3.80. The van der Waals surface area contributed by atoms with Crippen molar-refractivity contribution in [2.24, 2.45) is 0 Å².